The Morgan fingerprint density at radius 1 is 0.905 bits per heavy atom. The van der Waals surface area contributed by atoms with Gasteiger partial charge in [0.15, 0.2) is 11.5 Å². The molecule has 3 aromatic carbocycles. The van der Waals surface area contributed by atoms with Gasteiger partial charge in [0.25, 0.3) is 10.0 Å². The fraction of sp³-hybridized carbons (Fsp3) is 0.333. The van der Waals surface area contributed by atoms with Crippen molar-refractivity contribution in [1.29, 1.82) is 0 Å². The zero-order valence-corrected chi connectivity index (χ0v) is 25.9. The van der Waals surface area contributed by atoms with E-state index in [-0.39, 0.29) is 29.0 Å². The van der Waals surface area contributed by atoms with Crippen LogP contribution in [0.2, 0.25) is 10.0 Å². The van der Waals surface area contributed by atoms with Crippen LogP contribution in [0.3, 0.4) is 0 Å². The number of hydrogen-bond donors (Lipinski definition) is 1. The summed E-state index contributed by atoms with van der Waals surface area (Å²) in [6, 6.07) is 16.5. The van der Waals surface area contributed by atoms with E-state index in [2.05, 4.69) is 5.32 Å². The van der Waals surface area contributed by atoms with Crippen molar-refractivity contribution in [2.75, 3.05) is 30.6 Å². The van der Waals surface area contributed by atoms with Crippen molar-refractivity contribution in [2.45, 2.75) is 38.3 Å². The normalized spacial score (nSPS) is 13.4. The second-order valence-electron chi connectivity index (χ2n) is 10.2. The van der Waals surface area contributed by atoms with Gasteiger partial charge < -0.3 is 19.7 Å². The third-order valence-corrected chi connectivity index (χ3v) is 9.14. The summed E-state index contributed by atoms with van der Waals surface area (Å²) in [5, 5.41) is 3.50. The SMILES string of the molecule is CC(C)CNC(=O)[C@H](C)N(Cc1ccc(Cl)c(Cl)c1)C(=O)CN(c1ccc2c(c1)OCCO2)S(=O)(=O)c1ccccc1. The maximum atomic E-state index is 14.1. The highest BCUT2D eigenvalue weighted by molar-refractivity contribution is 7.92. The fourth-order valence-corrected chi connectivity index (χ4v) is 6.05. The third kappa shape index (κ3) is 7.48. The quantitative estimate of drug-likeness (QED) is 0.313. The Labute approximate surface area is 256 Å². The van der Waals surface area contributed by atoms with Crippen LogP contribution in [0, 0.1) is 5.92 Å². The predicted molar refractivity (Wildman–Crippen MR) is 163 cm³/mol. The Morgan fingerprint density at radius 2 is 1.60 bits per heavy atom. The molecule has 1 atom stereocenters. The number of ether oxygens (including phenoxy) is 2. The van der Waals surface area contributed by atoms with E-state index in [0.717, 1.165) is 4.31 Å². The number of rotatable bonds is 11. The van der Waals surface area contributed by atoms with Gasteiger partial charge in [-0.3, -0.25) is 13.9 Å². The highest BCUT2D eigenvalue weighted by Crippen LogP contribution is 2.36. The van der Waals surface area contributed by atoms with Crippen LogP contribution < -0.4 is 19.1 Å². The Kier molecular flexibility index (Phi) is 10.2. The van der Waals surface area contributed by atoms with Crippen molar-refractivity contribution in [2.24, 2.45) is 5.92 Å². The van der Waals surface area contributed by atoms with E-state index in [1.54, 1.807) is 55.5 Å². The van der Waals surface area contributed by atoms with E-state index in [9.17, 15) is 18.0 Å². The van der Waals surface area contributed by atoms with Gasteiger partial charge in [-0.2, -0.15) is 0 Å². The van der Waals surface area contributed by atoms with Crippen LogP contribution in [0.25, 0.3) is 0 Å². The van der Waals surface area contributed by atoms with Gasteiger partial charge in [-0.05, 0) is 54.8 Å². The largest absolute Gasteiger partial charge is 0.486 e. The van der Waals surface area contributed by atoms with E-state index in [4.69, 9.17) is 32.7 Å². The Balaban J connectivity index is 1.72. The number of halogens is 2. The molecule has 1 N–H and O–H groups in total. The van der Waals surface area contributed by atoms with Crippen molar-refractivity contribution in [1.82, 2.24) is 10.2 Å². The fourth-order valence-electron chi connectivity index (χ4n) is 4.31. The van der Waals surface area contributed by atoms with E-state index in [0.29, 0.717) is 46.9 Å². The monoisotopic (exact) mass is 633 g/mol. The summed E-state index contributed by atoms with van der Waals surface area (Å²) in [5.41, 5.74) is 0.834. The lowest BCUT2D eigenvalue weighted by Gasteiger charge is -2.32. The van der Waals surface area contributed by atoms with Gasteiger partial charge in [-0.15, -0.1) is 0 Å². The molecule has 224 valence electrons. The van der Waals surface area contributed by atoms with Gasteiger partial charge >= 0.3 is 0 Å². The van der Waals surface area contributed by atoms with Gasteiger partial charge in [0, 0.05) is 19.2 Å². The number of nitrogens with zero attached hydrogens (tertiary/aromatic N) is 2. The van der Waals surface area contributed by atoms with Crippen molar-refractivity contribution < 1.29 is 27.5 Å². The third-order valence-electron chi connectivity index (χ3n) is 6.61. The van der Waals surface area contributed by atoms with Crippen molar-refractivity contribution in [3.05, 3.63) is 82.3 Å². The molecule has 0 fully saturated rings. The minimum absolute atomic E-state index is 0.00597. The molecule has 3 aromatic rings. The molecule has 9 nitrogen and oxygen atoms in total. The van der Waals surface area contributed by atoms with Crippen LogP contribution in [0.5, 0.6) is 11.5 Å². The van der Waals surface area contributed by atoms with E-state index in [1.807, 2.05) is 13.8 Å². The molecule has 0 unspecified atom stereocenters. The summed E-state index contributed by atoms with van der Waals surface area (Å²) in [4.78, 5) is 28.5. The lowest BCUT2D eigenvalue weighted by Crippen LogP contribution is -2.51. The molecule has 2 amide bonds. The highest BCUT2D eigenvalue weighted by Gasteiger charge is 2.33. The molecular weight excluding hydrogens is 601 g/mol. The molecule has 0 saturated carbocycles. The number of nitrogens with one attached hydrogen (secondary N) is 1. The summed E-state index contributed by atoms with van der Waals surface area (Å²) in [6.07, 6.45) is 0. The second-order valence-corrected chi connectivity index (χ2v) is 12.9. The van der Waals surface area contributed by atoms with E-state index >= 15 is 0 Å². The summed E-state index contributed by atoms with van der Waals surface area (Å²) in [6.45, 7) is 6.03. The number of hydrogen-bond acceptors (Lipinski definition) is 6. The minimum atomic E-state index is -4.21. The molecule has 12 heteroatoms. The van der Waals surface area contributed by atoms with Crippen LogP contribution in [-0.2, 0) is 26.2 Å². The molecule has 1 aliphatic heterocycles. The van der Waals surface area contributed by atoms with Gasteiger partial charge in [-0.25, -0.2) is 8.42 Å². The number of carbonyl (C=O) groups is 2. The van der Waals surface area contributed by atoms with Crippen LogP contribution in [0.4, 0.5) is 5.69 Å². The average Bonchev–Trinajstić information content (AvgIpc) is 2.98. The van der Waals surface area contributed by atoms with Crippen LogP contribution >= 0.6 is 23.2 Å². The maximum Gasteiger partial charge on any atom is 0.264 e. The molecule has 0 bridgehead atoms. The van der Waals surface area contributed by atoms with Gasteiger partial charge in [-0.1, -0.05) is 61.3 Å². The minimum Gasteiger partial charge on any atom is -0.486 e. The summed E-state index contributed by atoms with van der Waals surface area (Å²) >= 11 is 12.3. The lowest BCUT2D eigenvalue weighted by atomic mass is 10.1. The van der Waals surface area contributed by atoms with Crippen LogP contribution in [0.1, 0.15) is 26.3 Å². The summed E-state index contributed by atoms with van der Waals surface area (Å²) < 4.78 is 40.2. The van der Waals surface area contributed by atoms with Crippen molar-refractivity contribution >= 4 is 50.7 Å². The lowest BCUT2D eigenvalue weighted by molar-refractivity contribution is -0.139. The molecule has 0 radical (unpaired) electrons. The first-order chi connectivity index (χ1) is 20.0. The number of benzene rings is 3. The van der Waals surface area contributed by atoms with E-state index < -0.39 is 28.5 Å². The van der Waals surface area contributed by atoms with Gasteiger partial charge in [0.1, 0.15) is 25.8 Å². The Hall–Kier alpha value is -3.47. The molecule has 42 heavy (non-hydrogen) atoms. The Bertz CT molecular complexity index is 1540. The van der Waals surface area contributed by atoms with Crippen molar-refractivity contribution in [3.63, 3.8) is 0 Å². The van der Waals surface area contributed by atoms with E-state index in [1.165, 1.54) is 23.1 Å². The zero-order valence-electron chi connectivity index (χ0n) is 23.5. The van der Waals surface area contributed by atoms with Crippen LogP contribution in [-0.4, -0.2) is 57.5 Å². The molecule has 1 aliphatic rings. The highest BCUT2D eigenvalue weighted by atomic mass is 35.5. The molecule has 0 aliphatic carbocycles. The maximum absolute atomic E-state index is 14.1. The first-order valence-corrected chi connectivity index (χ1v) is 15.7. The topological polar surface area (TPSA) is 105 Å². The second kappa shape index (κ2) is 13.7. The number of sulfonamides is 1. The smallest absolute Gasteiger partial charge is 0.264 e. The Morgan fingerprint density at radius 3 is 2.26 bits per heavy atom. The summed E-state index contributed by atoms with van der Waals surface area (Å²) in [7, 11) is -4.21. The molecule has 4 rings (SSSR count). The summed E-state index contributed by atoms with van der Waals surface area (Å²) in [5.74, 6) is 0.0808. The molecule has 0 spiro atoms. The number of carbonyl (C=O) groups excluding carboxylic acids is 2. The number of amides is 2. The zero-order chi connectivity index (χ0) is 30.4. The van der Waals surface area contributed by atoms with Gasteiger partial charge in [0.05, 0.1) is 20.6 Å². The van der Waals surface area contributed by atoms with Crippen LogP contribution in [0.15, 0.2) is 71.6 Å². The first-order valence-electron chi connectivity index (χ1n) is 13.5. The van der Waals surface area contributed by atoms with Gasteiger partial charge in [0.2, 0.25) is 11.8 Å². The first kappa shape index (κ1) is 31.5. The molecule has 0 aromatic heterocycles. The van der Waals surface area contributed by atoms with Crippen molar-refractivity contribution in [3.8, 4) is 11.5 Å². The standard InChI is InChI=1S/C30H33Cl2N3O6S/c1-20(2)17-33-30(37)21(3)34(18-22-9-11-25(31)26(32)15-22)29(36)19-35(42(38,39)24-7-5-4-6-8-24)23-10-12-27-28(16-23)41-14-13-40-27/h4-12,15-16,20-21H,13-14,17-19H2,1-3H3,(H,33,37)/t21-/m0/s1. The molecular formula is C30H33Cl2N3O6S. The predicted octanol–water partition coefficient (Wildman–Crippen LogP) is 5.15. The number of fused-ring (bicyclic) bond motifs is 1. The average molecular weight is 635 g/mol. The molecule has 1 heterocycles. The number of anilines is 1. The molecule has 0 saturated heterocycles.